The van der Waals surface area contributed by atoms with E-state index in [2.05, 4.69) is 18.2 Å². The zero-order valence-corrected chi connectivity index (χ0v) is 11.6. The summed E-state index contributed by atoms with van der Waals surface area (Å²) < 4.78 is 5.92. The van der Waals surface area contributed by atoms with Gasteiger partial charge in [0.2, 0.25) is 0 Å². The molecule has 2 nitrogen and oxygen atoms in total. The monoisotopic (exact) mass is 263 g/mol. The van der Waals surface area contributed by atoms with Gasteiger partial charge in [0.15, 0.2) is 0 Å². The number of nitriles is 1. The lowest BCUT2D eigenvalue weighted by molar-refractivity contribution is 0.480. The molecule has 0 aliphatic heterocycles. The van der Waals surface area contributed by atoms with Crippen LogP contribution in [0.15, 0.2) is 36.4 Å². The minimum Gasteiger partial charge on any atom is -0.457 e. The van der Waals surface area contributed by atoms with Crippen LogP contribution in [0.4, 0.5) is 0 Å². The summed E-state index contributed by atoms with van der Waals surface area (Å²) in [7, 11) is 0. The van der Waals surface area contributed by atoms with Crippen molar-refractivity contribution in [3.8, 4) is 17.6 Å². The fraction of sp³-hybridized carbons (Fsp3) is 0.278. The SMILES string of the molecule is Cc1cc(Oc2ccc3c(c2)CCCC3)ccc1C#N. The highest BCUT2D eigenvalue weighted by atomic mass is 16.5. The van der Waals surface area contributed by atoms with Crippen molar-refractivity contribution in [2.45, 2.75) is 32.6 Å². The number of aryl methyl sites for hydroxylation is 3. The van der Waals surface area contributed by atoms with Crippen molar-refractivity contribution in [3.05, 3.63) is 58.7 Å². The molecule has 0 atom stereocenters. The summed E-state index contributed by atoms with van der Waals surface area (Å²) in [5.74, 6) is 1.67. The lowest BCUT2D eigenvalue weighted by Crippen LogP contribution is -2.02. The number of benzene rings is 2. The highest BCUT2D eigenvalue weighted by Gasteiger charge is 2.10. The second kappa shape index (κ2) is 5.38. The highest BCUT2D eigenvalue weighted by Crippen LogP contribution is 2.29. The Labute approximate surface area is 119 Å². The van der Waals surface area contributed by atoms with Crippen molar-refractivity contribution < 1.29 is 4.74 Å². The summed E-state index contributed by atoms with van der Waals surface area (Å²) >= 11 is 0. The average molecular weight is 263 g/mol. The van der Waals surface area contributed by atoms with Gasteiger partial charge in [0, 0.05) is 0 Å². The van der Waals surface area contributed by atoms with Crippen LogP contribution in [0.1, 0.15) is 35.1 Å². The minimum atomic E-state index is 0.697. The first kappa shape index (κ1) is 12.7. The Bertz CT molecular complexity index is 682. The molecule has 2 aromatic carbocycles. The molecule has 0 unspecified atom stereocenters. The van der Waals surface area contributed by atoms with Crippen molar-refractivity contribution in [2.75, 3.05) is 0 Å². The molecule has 20 heavy (non-hydrogen) atoms. The minimum absolute atomic E-state index is 0.697. The third-order valence-electron chi connectivity index (χ3n) is 3.87. The van der Waals surface area contributed by atoms with Gasteiger partial charge in [-0.15, -0.1) is 0 Å². The normalized spacial score (nSPS) is 13.4. The highest BCUT2D eigenvalue weighted by molar-refractivity contribution is 5.44. The van der Waals surface area contributed by atoms with Gasteiger partial charge in [0.25, 0.3) is 0 Å². The molecule has 1 aliphatic carbocycles. The van der Waals surface area contributed by atoms with Crippen molar-refractivity contribution in [3.63, 3.8) is 0 Å². The third kappa shape index (κ3) is 2.53. The fourth-order valence-electron chi connectivity index (χ4n) is 2.73. The Morgan fingerprint density at radius 2 is 1.65 bits per heavy atom. The molecule has 3 rings (SSSR count). The topological polar surface area (TPSA) is 33.0 Å². The first-order valence-corrected chi connectivity index (χ1v) is 7.07. The molecule has 0 saturated carbocycles. The molecule has 1 aliphatic rings. The first-order valence-electron chi connectivity index (χ1n) is 7.07. The average Bonchev–Trinajstić information content (AvgIpc) is 2.47. The van der Waals surface area contributed by atoms with Gasteiger partial charge in [0.1, 0.15) is 11.5 Å². The molecule has 0 radical (unpaired) electrons. The van der Waals surface area contributed by atoms with E-state index in [1.165, 1.54) is 30.4 Å². The van der Waals surface area contributed by atoms with Crippen LogP contribution in [0.25, 0.3) is 0 Å². The number of hydrogen-bond donors (Lipinski definition) is 0. The number of rotatable bonds is 2. The van der Waals surface area contributed by atoms with E-state index in [1.807, 2.05) is 31.2 Å². The van der Waals surface area contributed by atoms with Crippen LogP contribution in [0, 0.1) is 18.3 Å². The zero-order valence-electron chi connectivity index (χ0n) is 11.6. The summed E-state index contributed by atoms with van der Waals surface area (Å²) in [5, 5.41) is 8.94. The molecule has 0 bridgehead atoms. The van der Waals surface area contributed by atoms with E-state index in [-0.39, 0.29) is 0 Å². The lowest BCUT2D eigenvalue weighted by atomic mass is 9.92. The van der Waals surface area contributed by atoms with Gasteiger partial charge in [-0.3, -0.25) is 0 Å². The summed E-state index contributed by atoms with van der Waals surface area (Å²) in [6.45, 7) is 1.93. The van der Waals surface area contributed by atoms with Crippen LogP contribution in [0.3, 0.4) is 0 Å². The molecule has 0 fully saturated rings. The Kier molecular flexibility index (Phi) is 3.43. The summed E-state index contributed by atoms with van der Waals surface area (Å²) in [6, 6.07) is 14.1. The fourth-order valence-corrected chi connectivity index (χ4v) is 2.73. The number of nitrogens with zero attached hydrogens (tertiary/aromatic N) is 1. The van der Waals surface area contributed by atoms with E-state index in [1.54, 1.807) is 0 Å². The molecule has 0 aromatic heterocycles. The van der Waals surface area contributed by atoms with Gasteiger partial charge in [-0.05, 0) is 79.6 Å². The van der Waals surface area contributed by atoms with E-state index in [0.717, 1.165) is 23.5 Å². The third-order valence-corrected chi connectivity index (χ3v) is 3.87. The quantitative estimate of drug-likeness (QED) is 0.797. The van der Waals surface area contributed by atoms with Gasteiger partial charge in [-0.2, -0.15) is 5.26 Å². The Balaban J connectivity index is 1.84. The van der Waals surface area contributed by atoms with Crippen molar-refractivity contribution in [2.24, 2.45) is 0 Å². The summed E-state index contributed by atoms with van der Waals surface area (Å²) in [5.41, 5.74) is 4.52. The molecule has 0 heterocycles. The first-order chi connectivity index (χ1) is 9.76. The molecule has 0 saturated heterocycles. The standard InChI is InChI=1S/C18H17NO/c1-13-10-17(9-7-16(13)12-19)20-18-8-6-14-4-2-3-5-15(14)11-18/h6-11H,2-5H2,1H3. The Hall–Kier alpha value is -2.27. The molecule has 2 heteroatoms. The van der Waals surface area contributed by atoms with Crippen LogP contribution in [0.5, 0.6) is 11.5 Å². The molecular formula is C18H17NO. The van der Waals surface area contributed by atoms with E-state index in [0.29, 0.717) is 5.56 Å². The van der Waals surface area contributed by atoms with Gasteiger partial charge in [-0.25, -0.2) is 0 Å². The summed E-state index contributed by atoms with van der Waals surface area (Å²) in [6.07, 6.45) is 4.90. The van der Waals surface area contributed by atoms with Gasteiger partial charge in [0.05, 0.1) is 11.6 Å². The van der Waals surface area contributed by atoms with E-state index in [9.17, 15) is 0 Å². The molecule has 0 amide bonds. The number of hydrogen-bond acceptors (Lipinski definition) is 2. The van der Waals surface area contributed by atoms with Gasteiger partial charge in [-0.1, -0.05) is 6.07 Å². The van der Waals surface area contributed by atoms with Gasteiger partial charge < -0.3 is 4.74 Å². The number of ether oxygens (including phenoxy) is 1. The molecule has 2 aromatic rings. The van der Waals surface area contributed by atoms with Crippen LogP contribution in [0.2, 0.25) is 0 Å². The van der Waals surface area contributed by atoms with Crippen molar-refractivity contribution in [1.82, 2.24) is 0 Å². The predicted octanol–water partition coefficient (Wildman–Crippen LogP) is 4.54. The maximum absolute atomic E-state index is 8.94. The molecular weight excluding hydrogens is 246 g/mol. The summed E-state index contributed by atoms with van der Waals surface area (Å²) in [4.78, 5) is 0. The molecule has 100 valence electrons. The van der Waals surface area contributed by atoms with E-state index >= 15 is 0 Å². The van der Waals surface area contributed by atoms with Gasteiger partial charge >= 0.3 is 0 Å². The van der Waals surface area contributed by atoms with Crippen LogP contribution in [-0.2, 0) is 12.8 Å². The second-order valence-electron chi connectivity index (χ2n) is 5.33. The smallest absolute Gasteiger partial charge is 0.127 e. The second-order valence-corrected chi connectivity index (χ2v) is 5.33. The predicted molar refractivity (Wildman–Crippen MR) is 79.1 cm³/mol. The Morgan fingerprint density at radius 3 is 2.40 bits per heavy atom. The largest absolute Gasteiger partial charge is 0.457 e. The Morgan fingerprint density at radius 1 is 0.950 bits per heavy atom. The number of fused-ring (bicyclic) bond motifs is 1. The molecule has 0 spiro atoms. The van der Waals surface area contributed by atoms with E-state index < -0.39 is 0 Å². The lowest BCUT2D eigenvalue weighted by Gasteiger charge is -2.16. The maximum atomic E-state index is 8.94. The van der Waals surface area contributed by atoms with Crippen LogP contribution >= 0.6 is 0 Å². The molecule has 0 N–H and O–H groups in total. The maximum Gasteiger partial charge on any atom is 0.127 e. The van der Waals surface area contributed by atoms with Crippen LogP contribution < -0.4 is 4.74 Å². The van der Waals surface area contributed by atoms with Crippen molar-refractivity contribution in [1.29, 1.82) is 5.26 Å². The zero-order chi connectivity index (χ0) is 13.9. The van der Waals surface area contributed by atoms with E-state index in [4.69, 9.17) is 10.00 Å². The van der Waals surface area contributed by atoms with Crippen LogP contribution in [-0.4, -0.2) is 0 Å². The van der Waals surface area contributed by atoms with Crippen molar-refractivity contribution >= 4 is 0 Å².